The molecule has 0 radical (unpaired) electrons. The summed E-state index contributed by atoms with van der Waals surface area (Å²) >= 11 is 5.95. The molecule has 6 nitrogen and oxygen atoms in total. The highest BCUT2D eigenvalue weighted by atomic mass is 35.5. The molecule has 0 aliphatic carbocycles. The van der Waals surface area contributed by atoms with Gasteiger partial charge in [0.15, 0.2) is 11.5 Å². The first kappa shape index (κ1) is 19.7. The highest BCUT2D eigenvalue weighted by Gasteiger charge is 2.13. The van der Waals surface area contributed by atoms with E-state index in [0.717, 1.165) is 12.0 Å². The van der Waals surface area contributed by atoms with Crippen molar-refractivity contribution >= 4 is 23.2 Å². The summed E-state index contributed by atoms with van der Waals surface area (Å²) in [5.74, 6) is 1.44. The zero-order valence-electron chi connectivity index (χ0n) is 15.1. The standard InChI is InChI=1S/C19H23ClN2O4/c1-24-16-10-15(11-17(25-2)19(16)26-3)22-12-18(23)21-8-7-13-5-4-6-14(20)9-13/h4-6,9-11,22H,7-8,12H2,1-3H3,(H,21,23). The van der Waals surface area contributed by atoms with Gasteiger partial charge in [0.1, 0.15) is 0 Å². The van der Waals surface area contributed by atoms with Crippen LogP contribution in [0.4, 0.5) is 5.69 Å². The van der Waals surface area contributed by atoms with E-state index >= 15 is 0 Å². The van der Waals surface area contributed by atoms with Gasteiger partial charge in [-0.3, -0.25) is 4.79 Å². The Morgan fingerprint density at radius 2 is 1.73 bits per heavy atom. The van der Waals surface area contributed by atoms with E-state index in [1.807, 2.05) is 24.3 Å². The van der Waals surface area contributed by atoms with E-state index in [1.165, 1.54) is 0 Å². The third kappa shape index (κ3) is 5.46. The smallest absolute Gasteiger partial charge is 0.239 e. The Morgan fingerprint density at radius 1 is 1.04 bits per heavy atom. The number of rotatable bonds is 9. The van der Waals surface area contributed by atoms with Gasteiger partial charge in [0.25, 0.3) is 0 Å². The number of nitrogens with one attached hydrogen (secondary N) is 2. The Kier molecular flexibility index (Phi) is 7.41. The number of methoxy groups -OCH3 is 3. The van der Waals surface area contributed by atoms with E-state index in [4.69, 9.17) is 25.8 Å². The summed E-state index contributed by atoms with van der Waals surface area (Å²) in [6, 6.07) is 11.1. The first-order valence-electron chi connectivity index (χ1n) is 8.12. The van der Waals surface area contributed by atoms with Crippen LogP contribution in [0.3, 0.4) is 0 Å². The summed E-state index contributed by atoms with van der Waals surface area (Å²) in [5.41, 5.74) is 1.78. The van der Waals surface area contributed by atoms with Crippen molar-refractivity contribution < 1.29 is 19.0 Å². The van der Waals surface area contributed by atoms with Crippen molar-refractivity contribution in [1.29, 1.82) is 0 Å². The van der Waals surface area contributed by atoms with E-state index in [2.05, 4.69) is 10.6 Å². The summed E-state index contributed by atoms with van der Waals surface area (Å²) in [7, 11) is 4.63. The Labute approximate surface area is 158 Å². The number of halogens is 1. The predicted molar refractivity (Wildman–Crippen MR) is 103 cm³/mol. The van der Waals surface area contributed by atoms with Crippen molar-refractivity contribution in [2.45, 2.75) is 6.42 Å². The molecule has 140 valence electrons. The lowest BCUT2D eigenvalue weighted by atomic mass is 10.1. The monoisotopic (exact) mass is 378 g/mol. The molecule has 26 heavy (non-hydrogen) atoms. The van der Waals surface area contributed by atoms with Crippen LogP contribution in [-0.4, -0.2) is 40.3 Å². The molecule has 0 aromatic heterocycles. The lowest BCUT2D eigenvalue weighted by Gasteiger charge is -2.15. The molecule has 2 rings (SSSR count). The zero-order chi connectivity index (χ0) is 18.9. The van der Waals surface area contributed by atoms with E-state index in [0.29, 0.717) is 34.5 Å². The van der Waals surface area contributed by atoms with E-state index in [1.54, 1.807) is 33.5 Å². The molecule has 0 heterocycles. The maximum absolute atomic E-state index is 12.0. The Morgan fingerprint density at radius 3 is 2.31 bits per heavy atom. The minimum Gasteiger partial charge on any atom is -0.493 e. The van der Waals surface area contributed by atoms with Crippen LogP contribution in [0, 0.1) is 0 Å². The van der Waals surface area contributed by atoms with Gasteiger partial charge in [-0.1, -0.05) is 23.7 Å². The number of ether oxygens (including phenoxy) is 3. The molecule has 0 atom stereocenters. The summed E-state index contributed by atoms with van der Waals surface area (Å²) < 4.78 is 15.9. The summed E-state index contributed by atoms with van der Waals surface area (Å²) in [4.78, 5) is 12.0. The second-order valence-electron chi connectivity index (χ2n) is 5.50. The fraction of sp³-hybridized carbons (Fsp3) is 0.316. The second-order valence-corrected chi connectivity index (χ2v) is 5.93. The average molecular weight is 379 g/mol. The molecule has 7 heteroatoms. The third-order valence-corrected chi connectivity index (χ3v) is 3.98. The van der Waals surface area contributed by atoms with Gasteiger partial charge in [-0.25, -0.2) is 0 Å². The maximum Gasteiger partial charge on any atom is 0.239 e. The van der Waals surface area contributed by atoms with Crippen molar-refractivity contribution in [3.05, 3.63) is 47.0 Å². The van der Waals surface area contributed by atoms with Gasteiger partial charge in [0.05, 0.1) is 27.9 Å². The molecule has 0 saturated heterocycles. The van der Waals surface area contributed by atoms with Gasteiger partial charge in [-0.2, -0.15) is 0 Å². The molecule has 0 spiro atoms. The van der Waals surface area contributed by atoms with Crippen LogP contribution in [0.5, 0.6) is 17.2 Å². The van der Waals surface area contributed by atoms with Crippen LogP contribution >= 0.6 is 11.6 Å². The second kappa shape index (κ2) is 9.77. The van der Waals surface area contributed by atoms with Crippen LogP contribution in [0.1, 0.15) is 5.56 Å². The van der Waals surface area contributed by atoms with Crippen LogP contribution in [0.2, 0.25) is 5.02 Å². The molecular weight excluding hydrogens is 356 g/mol. The van der Waals surface area contributed by atoms with E-state index in [-0.39, 0.29) is 12.5 Å². The van der Waals surface area contributed by atoms with Crippen LogP contribution in [0.15, 0.2) is 36.4 Å². The molecule has 2 aromatic carbocycles. The Bertz CT molecular complexity index is 727. The largest absolute Gasteiger partial charge is 0.493 e. The molecule has 1 amide bonds. The minimum atomic E-state index is -0.110. The van der Waals surface area contributed by atoms with Crippen LogP contribution in [0.25, 0.3) is 0 Å². The van der Waals surface area contributed by atoms with E-state index in [9.17, 15) is 4.79 Å². The van der Waals surface area contributed by atoms with Gasteiger partial charge in [0, 0.05) is 29.4 Å². The number of hydrogen-bond donors (Lipinski definition) is 2. The first-order valence-corrected chi connectivity index (χ1v) is 8.50. The van der Waals surface area contributed by atoms with Gasteiger partial charge in [-0.15, -0.1) is 0 Å². The molecule has 2 N–H and O–H groups in total. The van der Waals surface area contributed by atoms with Crippen molar-refractivity contribution in [2.24, 2.45) is 0 Å². The molecular formula is C19H23ClN2O4. The lowest BCUT2D eigenvalue weighted by molar-refractivity contribution is -0.119. The average Bonchev–Trinajstić information content (AvgIpc) is 2.65. The molecule has 0 unspecified atom stereocenters. The summed E-state index contributed by atoms with van der Waals surface area (Å²) in [6.45, 7) is 0.671. The third-order valence-electron chi connectivity index (χ3n) is 3.74. The van der Waals surface area contributed by atoms with Crippen molar-refractivity contribution in [2.75, 3.05) is 39.7 Å². The summed E-state index contributed by atoms with van der Waals surface area (Å²) in [5, 5.41) is 6.62. The fourth-order valence-electron chi connectivity index (χ4n) is 2.47. The minimum absolute atomic E-state index is 0.110. The number of hydrogen-bond acceptors (Lipinski definition) is 5. The fourth-order valence-corrected chi connectivity index (χ4v) is 2.68. The molecule has 0 aliphatic heterocycles. The van der Waals surface area contributed by atoms with Gasteiger partial charge in [-0.05, 0) is 24.1 Å². The Balaban J connectivity index is 1.86. The van der Waals surface area contributed by atoms with Crippen LogP contribution in [-0.2, 0) is 11.2 Å². The quantitative estimate of drug-likeness (QED) is 0.701. The molecule has 2 aromatic rings. The first-order chi connectivity index (χ1) is 12.6. The van der Waals surface area contributed by atoms with Gasteiger partial charge >= 0.3 is 0 Å². The normalized spacial score (nSPS) is 10.2. The SMILES string of the molecule is COc1cc(NCC(=O)NCCc2cccc(Cl)c2)cc(OC)c1OC. The van der Waals surface area contributed by atoms with Crippen LogP contribution < -0.4 is 24.8 Å². The zero-order valence-corrected chi connectivity index (χ0v) is 15.9. The molecule has 0 fully saturated rings. The highest BCUT2D eigenvalue weighted by molar-refractivity contribution is 6.30. The highest BCUT2D eigenvalue weighted by Crippen LogP contribution is 2.39. The van der Waals surface area contributed by atoms with Crippen molar-refractivity contribution in [3.8, 4) is 17.2 Å². The van der Waals surface area contributed by atoms with Crippen molar-refractivity contribution in [3.63, 3.8) is 0 Å². The van der Waals surface area contributed by atoms with Crippen molar-refractivity contribution in [1.82, 2.24) is 5.32 Å². The Hall–Kier alpha value is -2.60. The maximum atomic E-state index is 12.0. The summed E-state index contributed by atoms with van der Waals surface area (Å²) in [6.07, 6.45) is 0.719. The number of anilines is 1. The number of benzene rings is 2. The lowest BCUT2D eigenvalue weighted by Crippen LogP contribution is -2.31. The van der Waals surface area contributed by atoms with Gasteiger partial charge < -0.3 is 24.8 Å². The predicted octanol–water partition coefficient (Wildman–Crippen LogP) is 3.14. The van der Waals surface area contributed by atoms with E-state index < -0.39 is 0 Å². The van der Waals surface area contributed by atoms with Gasteiger partial charge in [0.2, 0.25) is 11.7 Å². The molecule has 0 aliphatic rings. The topological polar surface area (TPSA) is 68.8 Å². The number of carbonyl (C=O) groups excluding carboxylic acids is 1. The number of amides is 1. The molecule has 0 saturated carbocycles. The number of carbonyl (C=O) groups is 1. The molecule has 0 bridgehead atoms.